The first-order valence-electron chi connectivity index (χ1n) is 6.70. The third-order valence-corrected chi connectivity index (χ3v) is 4.31. The average Bonchev–Trinajstić information content (AvgIpc) is 3.12. The van der Waals surface area contributed by atoms with Crippen LogP contribution in [0.1, 0.15) is 24.8 Å². The lowest BCUT2D eigenvalue weighted by molar-refractivity contribution is 0.000555. The summed E-state index contributed by atoms with van der Waals surface area (Å²) < 4.78 is 19.1. The molecule has 0 aromatic heterocycles. The molecule has 2 aliphatic rings. The summed E-state index contributed by atoms with van der Waals surface area (Å²) in [6.45, 7) is 0.849. The Kier molecular flexibility index (Phi) is 3.12. The number of benzene rings is 1. The van der Waals surface area contributed by atoms with Crippen molar-refractivity contribution in [3.8, 4) is 0 Å². The van der Waals surface area contributed by atoms with E-state index in [2.05, 4.69) is 0 Å². The summed E-state index contributed by atoms with van der Waals surface area (Å²) in [5.74, 6) is 0.399. The summed E-state index contributed by atoms with van der Waals surface area (Å²) >= 11 is 0. The Hall–Kier alpha value is -0.930. The molecule has 3 rings (SSSR count). The first-order chi connectivity index (χ1) is 8.73. The van der Waals surface area contributed by atoms with Gasteiger partial charge in [0.15, 0.2) is 0 Å². The Bertz CT molecular complexity index is 430. The maximum atomic E-state index is 13.2. The van der Waals surface area contributed by atoms with Crippen LogP contribution in [0.3, 0.4) is 0 Å². The zero-order chi connectivity index (χ0) is 12.6. The molecule has 2 fully saturated rings. The molecule has 1 aromatic rings. The average molecular weight is 250 g/mol. The second-order valence-corrected chi connectivity index (χ2v) is 5.71. The highest BCUT2D eigenvalue weighted by atomic mass is 19.1. The number of aliphatic hydroxyl groups excluding tert-OH is 1. The summed E-state index contributed by atoms with van der Waals surface area (Å²) in [6.07, 6.45) is 4.15. The van der Waals surface area contributed by atoms with Crippen molar-refractivity contribution in [3.05, 3.63) is 35.6 Å². The van der Waals surface area contributed by atoms with Crippen LogP contribution in [0.15, 0.2) is 24.3 Å². The van der Waals surface area contributed by atoms with Gasteiger partial charge in [-0.05, 0) is 49.3 Å². The molecule has 98 valence electrons. The second-order valence-electron chi connectivity index (χ2n) is 5.71. The molecule has 0 bridgehead atoms. The van der Waals surface area contributed by atoms with E-state index in [-0.39, 0.29) is 23.9 Å². The van der Waals surface area contributed by atoms with Crippen molar-refractivity contribution in [2.75, 3.05) is 13.2 Å². The fraction of sp³-hybridized carbons (Fsp3) is 0.600. The van der Waals surface area contributed by atoms with Crippen LogP contribution in [0, 0.1) is 17.2 Å². The minimum absolute atomic E-state index is 0.130. The number of hydrogen-bond acceptors (Lipinski definition) is 2. The number of rotatable bonds is 4. The van der Waals surface area contributed by atoms with Crippen LogP contribution in [-0.4, -0.2) is 24.4 Å². The first kappa shape index (κ1) is 12.1. The Morgan fingerprint density at radius 2 is 2.22 bits per heavy atom. The molecule has 18 heavy (non-hydrogen) atoms. The van der Waals surface area contributed by atoms with E-state index in [4.69, 9.17) is 4.74 Å². The first-order valence-corrected chi connectivity index (χ1v) is 6.70. The van der Waals surface area contributed by atoms with E-state index in [1.807, 2.05) is 6.07 Å². The predicted molar refractivity (Wildman–Crippen MR) is 66.7 cm³/mol. The predicted octanol–water partition coefficient (Wildman–Crippen LogP) is 2.55. The normalized spacial score (nSPS) is 31.8. The van der Waals surface area contributed by atoms with Crippen molar-refractivity contribution in [1.82, 2.24) is 0 Å². The molecule has 3 heteroatoms. The molecule has 0 spiro atoms. The number of aliphatic hydroxyl groups is 1. The molecule has 0 amide bonds. The van der Waals surface area contributed by atoms with Crippen LogP contribution in [0.25, 0.3) is 0 Å². The van der Waals surface area contributed by atoms with Gasteiger partial charge < -0.3 is 9.84 Å². The van der Waals surface area contributed by atoms with E-state index < -0.39 is 0 Å². The van der Waals surface area contributed by atoms with Gasteiger partial charge in [-0.2, -0.15) is 0 Å². The molecule has 2 unspecified atom stereocenters. The van der Waals surface area contributed by atoms with Crippen LogP contribution in [0.4, 0.5) is 4.39 Å². The standard InChI is InChI=1S/C15H19FO2/c16-13-3-1-2-11(8-13)9-15(10-17)6-7-18-14(15)12-4-5-12/h1-3,8,12,14,17H,4-7,9-10H2. The Balaban J connectivity index is 1.82. The zero-order valence-corrected chi connectivity index (χ0v) is 10.4. The van der Waals surface area contributed by atoms with E-state index >= 15 is 0 Å². The SMILES string of the molecule is OCC1(Cc2cccc(F)c2)CCOC1C1CC1. The van der Waals surface area contributed by atoms with Crippen LogP contribution >= 0.6 is 0 Å². The molecule has 0 radical (unpaired) electrons. The Morgan fingerprint density at radius 3 is 2.89 bits per heavy atom. The van der Waals surface area contributed by atoms with Crippen molar-refractivity contribution in [2.45, 2.75) is 31.8 Å². The number of halogens is 1. The van der Waals surface area contributed by atoms with Crippen molar-refractivity contribution < 1.29 is 14.2 Å². The Labute approximate surface area is 107 Å². The maximum Gasteiger partial charge on any atom is 0.123 e. The molecule has 1 aromatic carbocycles. The van der Waals surface area contributed by atoms with Crippen LogP contribution in [0.2, 0.25) is 0 Å². The van der Waals surface area contributed by atoms with Gasteiger partial charge in [-0.1, -0.05) is 12.1 Å². The van der Waals surface area contributed by atoms with Crippen LogP contribution < -0.4 is 0 Å². The summed E-state index contributed by atoms with van der Waals surface area (Å²) in [7, 11) is 0. The van der Waals surface area contributed by atoms with Crippen molar-refractivity contribution >= 4 is 0 Å². The van der Waals surface area contributed by atoms with Gasteiger partial charge in [-0.25, -0.2) is 4.39 Å². The highest BCUT2D eigenvalue weighted by Crippen LogP contribution is 2.49. The Morgan fingerprint density at radius 1 is 1.39 bits per heavy atom. The molecule has 1 heterocycles. The molecule has 1 saturated heterocycles. The van der Waals surface area contributed by atoms with Gasteiger partial charge in [-0.15, -0.1) is 0 Å². The molecule has 2 atom stereocenters. The van der Waals surface area contributed by atoms with Crippen LogP contribution in [-0.2, 0) is 11.2 Å². The lowest BCUT2D eigenvalue weighted by Gasteiger charge is -2.32. The van der Waals surface area contributed by atoms with E-state index in [1.54, 1.807) is 12.1 Å². The van der Waals surface area contributed by atoms with E-state index in [0.717, 1.165) is 18.6 Å². The minimum atomic E-state index is -0.206. The zero-order valence-electron chi connectivity index (χ0n) is 10.4. The van der Waals surface area contributed by atoms with Gasteiger partial charge in [0, 0.05) is 12.0 Å². The van der Waals surface area contributed by atoms with Crippen LogP contribution in [0.5, 0.6) is 0 Å². The highest BCUT2D eigenvalue weighted by molar-refractivity contribution is 5.19. The van der Waals surface area contributed by atoms with Gasteiger partial charge in [0.25, 0.3) is 0 Å². The van der Waals surface area contributed by atoms with Crippen molar-refractivity contribution in [1.29, 1.82) is 0 Å². The molecule has 1 aliphatic heterocycles. The second kappa shape index (κ2) is 4.63. The quantitative estimate of drug-likeness (QED) is 0.890. The van der Waals surface area contributed by atoms with Gasteiger partial charge in [0.05, 0.1) is 12.7 Å². The third kappa shape index (κ3) is 2.17. The van der Waals surface area contributed by atoms with Gasteiger partial charge in [0.2, 0.25) is 0 Å². The molecule has 2 nitrogen and oxygen atoms in total. The summed E-state index contributed by atoms with van der Waals surface area (Å²) in [4.78, 5) is 0. The van der Waals surface area contributed by atoms with Gasteiger partial charge >= 0.3 is 0 Å². The monoisotopic (exact) mass is 250 g/mol. The lowest BCUT2D eigenvalue weighted by Crippen LogP contribution is -2.38. The summed E-state index contributed by atoms with van der Waals surface area (Å²) in [5, 5.41) is 9.82. The molecule has 1 saturated carbocycles. The fourth-order valence-corrected chi connectivity index (χ4v) is 3.21. The molecule has 1 N–H and O–H groups in total. The highest BCUT2D eigenvalue weighted by Gasteiger charge is 2.50. The van der Waals surface area contributed by atoms with Gasteiger partial charge in [0.1, 0.15) is 5.82 Å². The lowest BCUT2D eigenvalue weighted by atomic mass is 9.75. The van der Waals surface area contributed by atoms with E-state index in [9.17, 15) is 9.50 Å². The summed E-state index contributed by atoms with van der Waals surface area (Å²) in [6, 6.07) is 6.69. The molecular formula is C15H19FO2. The maximum absolute atomic E-state index is 13.2. The molecule has 1 aliphatic carbocycles. The van der Waals surface area contributed by atoms with E-state index in [1.165, 1.54) is 18.9 Å². The summed E-state index contributed by atoms with van der Waals surface area (Å²) in [5.41, 5.74) is 0.759. The smallest absolute Gasteiger partial charge is 0.123 e. The van der Waals surface area contributed by atoms with Crippen molar-refractivity contribution in [3.63, 3.8) is 0 Å². The largest absolute Gasteiger partial charge is 0.396 e. The number of hydrogen-bond donors (Lipinski definition) is 1. The topological polar surface area (TPSA) is 29.5 Å². The van der Waals surface area contributed by atoms with Crippen molar-refractivity contribution in [2.24, 2.45) is 11.3 Å². The fourth-order valence-electron chi connectivity index (χ4n) is 3.21. The molecular weight excluding hydrogens is 231 g/mol. The third-order valence-electron chi connectivity index (χ3n) is 4.31. The minimum Gasteiger partial charge on any atom is -0.396 e. The number of ether oxygens (including phenoxy) is 1. The van der Waals surface area contributed by atoms with Gasteiger partial charge in [-0.3, -0.25) is 0 Å². The van der Waals surface area contributed by atoms with E-state index in [0.29, 0.717) is 12.3 Å².